The molecule has 5 nitrogen and oxygen atoms in total. The van der Waals surface area contributed by atoms with Gasteiger partial charge in [0.05, 0.1) is 0 Å². The van der Waals surface area contributed by atoms with Gasteiger partial charge in [-0.25, -0.2) is 8.42 Å². The SMILES string of the molecule is CC(C)N(CC1CCCN1)S(=O)(=O)c1cncc(Br)c1. The molecule has 1 fully saturated rings. The molecule has 0 aliphatic carbocycles. The van der Waals surface area contributed by atoms with Crippen LogP contribution in [0.4, 0.5) is 0 Å². The molecule has 2 heterocycles. The fourth-order valence-corrected chi connectivity index (χ4v) is 4.57. The number of pyridine rings is 1. The van der Waals surface area contributed by atoms with Gasteiger partial charge in [0.25, 0.3) is 0 Å². The van der Waals surface area contributed by atoms with Gasteiger partial charge in [0.15, 0.2) is 0 Å². The van der Waals surface area contributed by atoms with Gasteiger partial charge in [-0.15, -0.1) is 0 Å². The normalized spacial score (nSPS) is 19.9. The van der Waals surface area contributed by atoms with E-state index in [0.717, 1.165) is 19.4 Å². The van der Waals surface area contributed by atoms with Gasteiger partial charge in [-0.3, -0.25) is 4.98 Å². The van der Waals surface area contributed by atoms with Crippen LogP contribution in [0.3, 0.4) is 0 Å². The van der Waals surface area contributed by atoms with Crippen molar-refractivity contribution in [3.05, 3.63) is 22.9 Å². The standard InChI is InChI=1S/C13H20BrN3O2S/c1-10(2)17(9-12-4-3-5-16-12)20(18,19)13-6-11(14)7-15-8-13/h6-8,10,12,16H,3-5,9H2,1-2H3. The Hall–Kier alpha value is -0.500. The summed E-state index contributed by atoms with van der Waals surface area (Å²) in [5, 5.41) is 3.35. The smallest absolute Gasteiger partial charge is 0.244 e. The van der Waals surface area contributed by atoms with Crippen LogP contribution in [0.15, 0.2) is 27.8 Å². The molecule has 0 radical (unpaired) electrons. The number of hydrogen-bond acceptors (Lipinski definition) is 4. The molecule has 0 saturated carbocycles. The average molecular weight is 362 g/mol. The summed E-state index contributed by atoms with van der Waals surface area (Å²) in [6.45, 7) is 5.28. The number of rotatable bonds is 5. The zero-order chi connectivity index (χ0) is 14.8. The van der Waals surface area contributed by atoms with Gasteiger partial charge in [0.2, 0.25) is 10.0 Å². The summed E-state index contributed by atoms with van der Waals surface area (Å²) in [4.78, 5) is 4.19. The molecule has 1 aromatic rings. The maximum atomic E-state index is 12.8. The monoisotopic (exact) mass is 361 g/mol. The average Bonchev–Trinajstić information content (AvgIpc) is 2.88. The number of hydrogen-bond donors (Lipinski definition) is 1. The highest BCUT2D eigenvalue weighted by Gasteiger charge is 2.30. The first kappa shape index (κ1) is 15.9. The van der Waals surface area contributed by atoms with Crippen LogP contribution in [-0.4, -0.2) is 42.9 Å². The zero-order valence-electron chi connectivity index (χ0n) is 11.7. The lowest BCUT2D eigenvalue weighted by Gasteiger charge is -2.28. The third-order valence-electron chi connectivity index (χ3n) is 3.43. The van der Waals surface area contributed by atoms with E-state index in [1.165, 1.54) is 6.20 Å². The molecule has 7 heteroatoms. The van der Waals surface area contributed by atoms with Crippen molar-refractivity contribution in [1.29, 1.82) is 0 Å². The van der Waals surface area contributed by atoms with E-state index in [1.807, 2.05) is 13.8 Å². The van der Waals surface area contributed by atoms with Crippen molar-refractivity contribution in [2.24, 2.45) is 0 Å². The molecule has 1 aliphatic heterocycles. The van der Waals surface area contributed by atoms with Crippen molar-refractivity contribution >= 4 is 26.0 Å². The summed E-state index contributed by atoms with van der Waals surface area (Å²) in [6.07, 6.45) is 5.11. The van der Waals surface area contributed by atoms with Crippen molar-refractivity contribution in [2.75, 3.05) is 13.1 Å². The maximum Gasteiger partial charge on any atom is 0.244 e. The molecular formula is C13H20BrN3O2S. The first-order chi connectivity index (χ1) is 9.41. The second-order valence-corrected chi connectivity index (χ2v) is 8.11. The van der Waals surface area contributed by atoms with Crippen LogP contribution in [-0.2, 0) is 10.0 Å². The molecule has 0 bridgehead atoms. The summed E-state index contributed by atoms with van der Waals surface area (Å²) in [7, 11) is -3.51. The minimum atomic E-state index is -3.51. The summed E-state index contributed by atoms with van der Waals surface area (Å²) < 4.78 is 27.7. The fourth-order valence-electron chi connectivity index (χ4n) is 2.39. The molecule has 1 atom stereocenters. The lowest BCUT2D eigenvalue weighted by Crippen LogP contribution is -2.44. The van der Waals surface area contributed by atoms with E-state index in [9.17, 15) is 8.42 Å². The van der Waals surface area contributed by atoms with Gasteiger partial charge in [-0.1, -0.05) is 0 Å². The van der Waals surface area contributed by atoms with Crippen LogP contribution in [0.2, 0.25) is 0 Å². The van der Waals surface area contributed by atoms with E-state index in [4.69, 9.17) is 0 Å². The lowest BCUT2D eigenvalue weighted by atomic mass is 10.2. The molecule has 1 aromatic heterocycles. The van der Waals surface area contributed by atoms with E-state index in [2.05, 4.69) is 26.2 Å². The quantitative estimate of drug-likeness (QED) is 0.870. The van der Waals surface area contributed by atoms with Crippen LogP contribution >= 0.6 is 15.9 Å². The summed E-state index contributed by atoms with van der Waals surface area (Å²) in [5.41, 5.74) is 0. The number of nitrogens with one attached hydrogen (secondary N) is 1. The first-order valence-electron chi connectivity index (χ1n) is 6.77. The van der Waals surface area contributed by atoms with Gasteiger partial charge in [0, 0.05) is 35.5 Å². The molecule has 112 valence electrons. The highest BCUT2D eigenvalue weighted by molar-refractivity contribution is 9.10. The van der Waals surface area contributed by atoms with Gasteiger partial charge in [0.1, 0.15) is 4.90 Å². The lowest BCUT2D eigenvalue weighted by molar-refractivity contribution is 0.322. The van der Waals surface area contributed by atoms with Gasteiger partial charge < -0.3 is 5.32 Å². The molecule has 2 rings (SSSR count). The Bertz CT molecular complexity index is 556. The molecule has 0 aromatic carbocycles. The second kappa shape index (κ2) is 6.51. The van der Waals surface area contributed by atoms with E-state index in [-0.39, 0.29) is 17.0 Å². The first-order valence-corrected chi connectivity index (χ1v) is 9.00. The van der Waals surface area contributed by atoms with Crippen LogP contribution in [0.25, 0.3) is 0 Å². The van der Waals surface area contributed by atoms with Gasteiger partial charge in [-0.05, 0) is 55.2 Å². The number of aromatic nitrogens is 1. The van der Waals surface area contributed by atoms with E-state index >= 15 is 0 Å². The van der Waals surface area contributed by atoms with Crippen LogP contribution < -0.4 is 5.32 Å². The van der Waals surface area contributed by atoms with Crippen LogP contribution in [0, 0.1) is 0 Å². The Labute approximate surface area is 129 Å². The third kappa shape index (κ3) is 3.58. The predicted octanol–water partition coefficient (Wildman–Crippen LogP) is 2.00. The molecular weight excluding hydrogens is 342 g/mol. The second-order valence-electron chi connectivity index (χ2n) is 5.30. The largest absolute Gasteiger partial charge is 0.313 e. The molecule has 1 unspecified atom stereocenters. The van der Waals surface area contributed by atoms with Crippen molar-refractivity contribution in [3.8, 4) is 0 Å². The topological polar surface area (TPSA) is 62.3 Å². The van der Waals surface area contributed by atoms with Crippen LogP contribution in [0.1, 0.15) is 26.7 Å². The van der Waals surface area contributed by atoms with Gasteiger partial charge >= 0.3 is 0 Å². The summed E-state index contributed by atoms with van der Waals surface area (Å²) in [6, 6.07) is 1.76. The minimum absolute atomic E-state index is 0.0821. The minimum Gasteiger partial charge on any atom is -0.313 e. The molecule has 1 N–H and O–H groups in total. The van der Waals surface area contributed by atoms with E-state index < -0.39 is 10.0 Å². The maximum absolute atomic E-state index is 12.8. The Morgan fingerprint density at radius 3 is 2.80 bits per heavy atom. The summed E-state index contributed by atoms with van der Waals surface area (Å²) >= 11 is 3.27. The number of halogens is 1. The van der Waals surface area contributed by atoms with Gasteiger partial charge in [-0.2, -0.15) is 4.31 Å². The molecule has 0 spiro atoms. The Morgan fingerprint density at radius 1 is 1.50 bits per heavy atom. The molecule has 20 heavy (non-hydrogen) atoms. The van der Waals surface area contributed by atoms with E-state index in [1.54, 1.807) is 16.6 Å². The number of nitrogens with zero attached hydrogens (tertiary/aromatic N) is 2. The predicted molar refractivity (Wildman–Crippen MR) is 82.0 cm³/mol. The van der Waals surface area contributed by atoms with Crippen molar-refractivity contribution in [1.82, 2.24) is 14.6 Å². The fraction of sp³-hybridized carbons (Fsp3) is 0.615. The Balaban J connectivity index is 2.27. The molecule has 1 aliphatic rings. The van der Waals surface area contributed by atoms with Crippen LogP contribution in [0.5, 0.6) is 0 Å². The third-order valence-corrected chi connectivity index (χ3v) is 5.87. The number of sulfonamides is 1. The molecule has 0 amide bonds. The highest BCUT2D eigenvalue weighted by Crippen LogP contribution is 2.22. The van der Waals surface area contributed by atoms with Crippen molar-refractivity contribution in [2.45, 2.75) is 43.7 Å². The Morgan fingerprint density at radius 2 is 2.25 bits per heavy atom. The zero-order valence-corrected chi connectivity index (χ0v) is 14.1. The Kier molecular flexibility index (Phi) is 5.17. The van der Waals surface area contributed by atoms with Crippen molar-refractivity contribution in [3.63, 3.8) is 0 Å². The van der Waals surface area contributed by atoms with Crippen molar-refractivity contribution < 1.29 is 8.42 Å². The molecule has 1 saturated heterocycles. The summed E-state index contributed by atoms with van der Waals surface area (Å²) in [5.74, 6) is 0. The highest BCUT2D eigenvalue weighted by atomic mass is 79.9. The van der Waals surface area contributed by atoms with E-state index in [0.29, 0.717) is 11.0 Å².